The van der Waals surface area contributed by atoms with Crippen molar-refractivity contribution in [2.24, 2.45) is 0 Å². The predicted molar refractivity (Wildman–Crippen MR) is 159 cm³/mol. The quantitative estimate of drug-likeness (QED) is 0.450. The van der Waals surface area contributed by atoms with E-state index in [1.54, 1.807) is 6.08 Å². The van der Waals surface area contributed by atoms with Gasteiger partial charge in [0.25, 0.3) is 0 Å². The molecule has 0 N–H and O–H groups in total. The fourth-order valence-electron chi connectivity index (χ4n) is 8.18. The Morgan fingerprint density at radius 1 is 1.15 bits per heavy atom. The molecular formula is C32H40ClN5O3. The molecule has 3 saturated heterocycles. The number of anilines is 1. The summed E-state index contributed by atoms with van der Waals surface area (Å²) in [4.78, 5) is 29.7. The summed E-state index contributed by atoms with van der Waals surface area (Å²) in [6.07, 6.45) is 10.8. The van der Waals surface area contributed by atoms with E-state index in [0.717, 1.165) is 74.4 Å². The monoisotopic (exact) mass is 577 g/mol. The van der Waals surface area contributed by atoms with Crippen molar-refractivity contribution in [3.05, 3.63) is 58.3 Å². The van der Waals surface area contributed by atoms with Crippen molar-refractivity contribution >= 4 is 23.5 Å². The Hall–Kier alpha value is -2.84. The van der Waals surface area contributed by atoms with Crippen LogP contribution in [0.1, 0.15) is 60.9 Å². The molecule has 41 heavy (non-hydrogen) atoms. The Morgan fingerprint density at radius 2 is 1.93 bits per heavy atom. The summed E-state index contributed by atoms with van der Waals surface area (Å²) in [5.74, 6) is 1.02. The summed E-state index contributed by atoms with van der Waals surface area (Å²) in [6, 6.07) is 7.70. The van der Waals surface area contributed by atoms with Crippen LogP contribution in [-0.4, -0.2) is 83.9 Å². The van der Waals surface area contributed by atoms with Gasteiger partial charge in [-0.3, -0.25) is 0 Å². The summed E-state index contributed by atoms with van der Waals surface area (Å²) < 4.78 is 11.8. The highest BCUT2D eigenvalue weighted by Gasteiger charge is 2.47. The van der Waals surface area contributed by atoms with Crippen LogP contribution in [0.15, 0.2) is 30.9 Å². The number of likely N-dealkylation sites (tertiary alicyclic amines) is 2. The van der Waals surface area contributed by atoms with Gasteiger partial charge in [-0.25, -0.2) is 4.79 Å². The number of piperazine rings is 1. The molecular weight excluding hydrogens is 538 g/mol. The van der Waals surface area contributed by atoms with Crippen LogP contribution in [0.3, 0.4) is 0 Å². The molecule has 4 heterocycles. The first-order valence-corrected chi connectivity index (χ1v) is 15.7. The molecule has 3 unspecified atom stereocenters. The number of carbonyl (C=O) groups excluding carboxylic acids is 1. The summed E-state index contributed by atoms with van der Waals surface area (Å²) >= 11 is 6.64. The van der Waals surface area contributed by atoms with E-state index in [9.17, 15) is 4.79 Å². The molecule has 8 nitrogen and oxygen atoms in total. The van der Waals surface area contributed by atoms with Gasteiger partial charge in [-0.05, 0) is 88.6 Å². The van der Waals surface area contributed by atoms with Crippen molar-refractivity contribution in [1.29, 1.82) is 0 Å². The number of hydrogen-bond acceptors (Lipinski definition) is 7. The van der Waals surface area contributed by atoms with Crippen LogP contribution >= 0.6 is 11.6 Å². The maximum Gasteiger partial charge on any atom is 0.410 e. The lowest BCUT2D eigenvalue weighted by molar-refractivity contribution is 0.103. The van der Waals surface area contributed by atoms with Crippen molar-refractivity contribution in [3.8, 4) is 6.01 Å². The minimum Gasteiger partial charge on any atom is -0.462 e. The van der Waals surface area contributed by atoms with E-state index in [0.29, 0.717) is 31.7 Å². The highest BCUT2D eigenvalue weighted by molar-refractivity contribution is 6.31. The fraction of sp³-hybridized carbons (Fsp3) is 0.594. The van der Waals surface area contributed by atoms with E-state index < -0.39 is 0 Å². The molecule has 9 heteroatoms. The Kier molecular flexibility index (Phi) is 7.10. The van der Waals surface area contributed by atoms with Gasteiger partial charge in [0, 0.05) is 47.2 Å². The number of nitrogens with zero attached hydrogens (tertiary/aromatic N) is 5. The molecule has 2 bridgehead atoms. The third-order valence-corrected chi connectivity index (χ3v) is 10.7. The highest BCUT2D eigenvalue weighted by atomic mass is 35.5. The lowest BCUT2D eigenvalue weighted by Crippen LogP contribution is -2.56. The maximum atomic E-state index is 12.7. The lowest BCUT2D eigenvalue weighted by atomic mass is 9.69. The van der Waals surface area contributed by atoms with Gasteiger partial charge in [0.05, 0.1) is 5.69 Å². The van der Waals surface area contributed by atoms with E-state index in [2.05, 4.69) is 35.6 Å². The number of aromatic nitrogens is 2. The smallest absolute Gasteiger partial charge is 0.410 e. The SMILES string of the molecule is C=CCOC(=O)N1CC2CCC(C1)N2c1nc(OC[C@@H]2CCCN2C)nc2c1CCC1(CCc3c(Cl)cccc31)C2. The van der Waals surface area contributed by atoms with Crippen LogP contribution in [0.5, 0.6) is 6.01 Å². The lowest BCUT2D eigenvalue weighted by Gasteiger charge is -2.43. The number of benzene rings is 1. The first-order valence-electron chi connectivity index (χ1n) is 15.3. The van der Waals surface area contributed by atoms with Crippen LogP contribution in [0.4, 0.5) is 10.6 Å². The zero-order chi connectivity index (χ0) is 28.1. The second-order valence-electron chi connectivity index (χ2n) is 12.6. The number of rotatable bonds is 6. The summed E-state index contributed by atoms with van der Waals surface area (Å²) in [5, 5.41) is 0.888. The Bertz CT molecular complexity index is 1340. The van der Waals surface area contributed by atoms with Crippen LogP contribution < -0.4 is 9.64 Å². The molecule has 1 spiro atoms. The normalized spacial score (nSPS) is 28.6. The summed E-state index contributed by atoms with van der Waals surface area (Å²) in [6.45, 7) is 6.91. The number of hydrogen-bond donors (Lipinski definition) is 0. The van der Waals surface area contributed by atoms with Crippen molar-refractivity contribution in [2.45, 2.75) is 81.3 Å². The molecule has 5 aliphatic rings. The fourth-order valence-corrected chi connectivity index (χ4v) is 8.45. The average molecular weight is 578 g/mol. The van der Waals surface area contributed by atoms with Crippen molar-refractivity contribution in [2.75, 3.05) is 44.8 Å². The number of amides is 1. The number of halogens is 1. The molecule has 2 aromatic rings. The minimum absolute atomic E-state index is 0.0639. The Labute approximate surface area is 247 Å². The molecule has 1 aromatic heterocycles. The molecule has 0 radical (unpaired) electrons. The van der Waals surface area contributed by atoms with Gasteiger partial charge in [0.2, 0.25) is 0 Å². The van der Waals surface area contributed by atoms with Crippen LogP contribution in [0.25, 0.3) is 0 Å². The largest absolute Gasteiger partial charge is 0.462 e. The standard InChI is InChI=1S/C32H40ClN5O3/c1-3-16-40-31(39)37-18-21-9-10-22(19-37)38(21)29-25-12-14-32(13-11-24-26(32)7-4-8-27(24)33)17-28(25)34-30(35-29)41-20-23-6-5-15-36(23)2/h3-4,7-8,21-23H,1,5-6,9-20H2,2H3/t21?,22?,23-,32?/m0/s1. The number of carbonyl (C=O) groups is 1. The van der Waals surface area contributed by atoms with E-state index in [4.69, 9.17) is 31.0 Å². The van der Waals surface area contributed by atoms with E-state index in [-0.39, 0.29) is 30.2 Å². The second-order valence-corrected chi connectivity index (χ2v) is 13.0. The van der Waals surface area contributed by atoms with E-state index in [1.807, 2.05) is 11.0 Å². The molecule has 3 fully saturated rings. The van der Waals surface area contributed by atoms with Crippen molar-refractivity contribution < 1.29 is 14.3 Å². The number of ether oxygens (including phenoxy) is 2. The van der Waals surface area contributed by atoms with Gasteiger partial charge in [-0.1, -0.05) is 36.4 Å². The summed E-state index contributed by atoms with van der Waals surface area (Å²) in [7, 11) is 2.17. The third-order valence-electron chi connectivity index (χ3n) is 10.3. The maximum absolute atomic E-state index is 12.7. The van der Waals surface area contributed by atoms with Gasteiger partial charge < -0.3 is 24.2 Å². The number of fused-ring (bicyclic) bond motifs is 5. The molecule has 3 aliphatic heterocycles. The molecule has 1 aromatic carbocycles. The van der Waals surface area contributed by atoms with E-state index in [1.165, 1.54) is 23.1 Å². The van der Waals surface area contributed by atoms with Gasteiger partial charge in [-0.15, -0.1) is 0 Å². The molecule has 218 valence electrons. The van der Waals surface area contributed by atoms with Crippen LogP contribution in [0.2, 0.25) is 5.02 Å². The second kappa shape index (κ2) is 10.8. The summed E-state index contributed by atoms with van der Waals surface area (Å²) in [5.41, 5.74) is 5.16. The minimum atomic E-state index is -0.253. The molecule has 4 atom stereocenters. The van der Waals surface area contributed by atoms with Gasteiger partial charge >= 0.3 is 12.1 Å². The molecule has 0 saturated carbocycles. The topological polar surface area (TPSA) is 71.0 Å². The third kappa shape index (κ3) is 4.77. The number of likely N-dealkylation sites (N-methyl/N-ethyl adjacent to an activating group) is 1. The molecule has 7 rings (SSSR count). The Morgan fingerprint density at radius 3 is 2.66 bits per heavy atom. The van der Waals surface area contributed by atoms with E-state index >= 15 is 0 Å². The zero-order valence-electron chi connectivity index (χ0n) is 24.0. The predicted octanol–water partition coefficient (Wildman–Crippen LogP) is 4.95. The van der Waals surface area contributed by atoms with Gasteiger partial charge in [0.1, 0.15) is 19.0 Å². The Balaban J connectivity index is 1.21. The van der Waals surface area contributed by atoms with Crippen molar-refractivity contribution in [3.63, 3.8) is 0 Å². The van der Waals surface area contributed by atoms with Gasteiger partial charge in [-0.2, -0.15) is 9.97 Å². The zero-order valence-corrected chi connectivity index (χ0v) is 24.7. The van der Waals surface area contributed by atoms with Crippen LogP contribution in [0, 0.1) is 0 Å². The average Bonchev–Trinajstić information content (AvgIpc) is 3.63. The first-order chi connectivity index (χ1) is 20.0. The van der Waals surface area contributed by atoms with Crippen LogP contribution in [-0.2, 0) is 29.4 Å². The van der Waals surface area contributed by atoms with Crippen molar-refractivity contribution in [1.82, 2.24) is 19.8 Å². The molecule has 1 amide bonds. The highest BCUT2D eigenvalue weighted by Crippen LogP contribution is 2.51. The molecule has 2 aliphatic carbocycles. The first kappa shape index (κ1) is 27.0. The van der Waals surface area contributed by atoms with Gasteiger partial charge in [0.15, 0.2) is 0 Å².